The van der Waals surface area contributed by atoms with Crippen LogP contribution in [0.15, 0.2) is 30.3 Å². The Bertz CT molecular complexity index is 564. The fraction of sp³-hybridized carbons (Fsp3) is 0.400. The second kappa shape index (κ2) is 5.55. The molecule has 0 saturated carbocycles. The maximum Gasteiger partial charge on any atom is 0.0872 e. The molecule has 4 heteroatoms. The number of aryl methyl sites for hydroxylation is 1. The van der Waals surface area contributed by atoms with Crippen molar-refractivity contribution < 1.29 is 4.74 Å². The second-order valence-electron chi connectivity index (χ2n) is 4.91. The van der Waals surface area contributed by atoms with Gasteiger partial charge in [0.25, 0.3) is 0 Å². The fourth-order valence-electron chi connectivity index (χ4n) is 2.43. The van der Waals surface area contributed by atoms with Gasteiger partial charge < -0.3 is 15.4 Å². The van der Waals surface area contributed by atoms with Gasteiger partial charge in [0.15, 0.2) is 0 Å². The molecular weight excluding hydrogens is 238 g/mol. The van der Waals surface area contributed by atoms with E-state index in [4.69, 9.17) is 4.74 Å². The minimum absolute atomic E-state index is 0.237. The quantitative estimate of drug-likeness (QED) is 0.882. The first-order valence-corrected chi connectivity index (χ1v) is 6.75. The molecule has 1 aliphatic rings. The Hall–Kier alpha value is -1.65. The largest absolute Gasteiger partial charge is 0.382 e. The molecule has 1 aliphatic heterocycles. The molecule has 2 aromatic rings. The lowest BCUT2D eigenvalue weighted by Crippen LogP contribution is -2.42. The zero-order chi connectivity index (χ0) is 13.1. The van der Waals surface area contributed by atoms with Crippen LogP contribution in [0.1, 0.15) is 5.69 Å². The van der Waals surface area contributed by atoms with Gasteiger partial charge in [0.2, 0.25) is 0 Å². The molecule has 0 bridgehead atoms. The van der Waals surface area contributed by atoms with E-state index in [0.717, 1.165) is 48.5 Å². The van der Waals surface area contributed by atoms with Crippen LogP contribution in [-0.2, 0) is 4.74 Å². The SMILES string of the molecule is Cc1cc(NCC2CNCCO2)c2ccccc2n1. The highest BCUT2D eigenvalue weighted by molar-refractivity contribution is 5.91. The molecule has 1 atom stereocenters. The molecule has 3 rings (SSSR count). The van der Waals surface area contributed by atoms with E-state index in [1.807, 2.05) is 25.1 Å². The van der Waals surface area contributed by atoms with Crippen molar-refractivity contribution in [3.63, 3.8) is 0 Å². The predicted octanol–water partition coefficient (Wildman–Crippen LogP) is 1.94. The van der Waals surface area contributed by atoms with Crippen LogP contribution in [0.2, 0.25) is 0 Å². The van der Waals surface area contributed by atoms with E-state index >= 15 is 0 Å². The van der Waals surface area contributed by atoms with Crippen molar-refractivity contribution in [3.05, 3.63) is 36.0 Å². The van der Waals surface area contributed by atoms with E-state index < -0.39 is 0 Å². The Morgan fingerprint density at radius 1 is 1.42 bits per heavy atom. The van der Waals surface area contributed by atoms with Crippen LogP contribution in [0.5, 0.6) is 0 Å². The molecule has 1 saturated heterocycles. The molecule has 0 spiro atoms. The zero-order valence-corrected chi connectivity index (χ0v) is 11.1. The Balaban J connectivity index is 1.79. The van der Waals surface area contributed by atoms with E-state index in [-0.39, 0.29) is 6.10 Å². The van der Waals surface area contributed by atoms with Gasteiger partial charge in [0.1, 0.15) is 0 Å². The normalized spacial score (nSPS) is 19.5. The first-order valence-electron chi connectivity index (χ1n) is 6.75. The molecule has 4 nitrogen and oxygen atoms in total. The smallest absolute Gasteiger partial charge is 0.0872 e. The average molecular weight is 257 g/mol. The van der Waals surface area contributed by atoms with E-state index in [1.54, 1.807) is 0 Å². The standard InChI is InChI=1S/C15H19N3O/c1-11-8-15(13-4-2-3-5-14(13)18-11)17-10-12-9-16-6-7-19-12/h2-5,8,12,16H,6-7,9-10H2,1H3,(H,17,18). The lowest BCUT2D eigenvalue weighted by atomic mass is 10.1. The van der Waals surface area contributed by atoms with Gasteiger partial charge in [-0.2, -0.15) is 0 Å². The average Bonchev–Trinajstić information content (AvgIpc) is 2.45. The second-order valence-corrected chi connectivity index (χ2v) is 4.91. The highest BCUT2D eigenvalue weighted by Crippen LogP contribution is 2.22. The zero-order valence-electron chi connectivity index (χ0n) is 11.1. The van der Waals surface area contributed by atoms with Crippen LogP contribution in [-0.4, -0.2) is 37.3 Å². The molecule has 1 unspecified atom stereocenters. The van der Waals surface area contributed by atoms with Gasteiger partial charge in [-0.3, -0.25) is 4.98 Å². The van der Waals surface area contributed by atoms with Gasteiger partial charge in [-0.1, -0.05) is 18.2 Å². The maximum absolute atomic E-state index is 5.70. The summed E-state index contributed by atoms with van der Waals surface area (Å²) < 4.78 is 5.70. The van der Waals surface area contributed by atoms with E-state index in [1.165, 1.54) is 0 Å². The fourth-order valence-corrected chi connectivity index (χ4v) is 2.43. The van der Waals surface area contributed by atoms with Crippen molar-refractivity contribution in [3.8, 4) is 0 Å². The van der Waals surface area contributed by atoms with Crippen LogP contribution in [0.25, 0.3) is 10.9 Å². The summed E-state index contributed by atoms with van der Waals surface area (Å²) in [7, 11) is 0. The number of nitrogens with zero attached hydrogens (tertiary/aromatic N) is 1. The monoisotopic (exact) mass is 257 g/mol. The van der Waals surface area contributed by atoms with Crippen molar-refractivity contribution in [2.75, 3.05) is 31.6 Å². The molecule has 1 fully saturated rings. The highest BCUT2D eigenvalue weighted by Gasteiger charge is 2.13. The Kier molecular flexibility index (Phi) is 3.62. The Morgan fingerprint density at radius 2 is 2.32 bits per heavy atom. The van der Waals surface area contributed by atoms with Crippen LogP contribution >= 0.6 is 0 Å². The number of pyridine rings is 1. The topological polar surface area (TPSA) is 46.2 Å². The number of hydrogen-bond acceptors (Lipinski definition) is 4. The number of ether oxygens (including phenoxy) is 1. The minimum Gasteiger partial charge on any atom is -0.382 e. The number of anilines is 1. The third-order valence-corrected chi connectivity index (χ3v) is 3.37. The summed E-state index contributed by atoms with van der Waals surface area (Å²) in [5.41, 5.74) is 3.20. The van der Waals surface area contributed by atoms with Gasteiger partial charge in [-0.25, -0.2) is 0 Å². The lowest BCUT2D eigenvalue weighted by Gasteiger charge is -2.24. The number of benzene rings is 1. The number of rotatable bonds is 3. The Morgan fingerprint density at radius 3 is 3.16 bits per heavy atom. The van der Waals surface area contributed by atoms with Gasteiger partial charge in [0.05, 0.1) is 18.2 Å². The number of aromatic nitrogens is 1. The van der Waals surface area contributed by atoms with E-state index in [2.05, 4.69) is 27.8 Å². The molecule has 2 N–H and O–H groups in total. The lowest BCUT2D eigenvalue weighted by molar-refractivity contribution is 0.0372. The van der Waals surface area contributed by atoms with Crippen molar-refractivity contribution in [2.45, 2.75) is 13.0 Å². The summed E-state index contributed by atoms with van der Waals surface area (Å²) in [5, 5.41) is 8.00. The molecule has 0 radical (unpaired) electrons. The van der Waals surface area contributed by atoms with Gasteiger partial charge in [-0.05, 0) is 19.1 Å². The van der Waals surface area contributed by atoms with Crippen LogP contribution < -0.4 is 10.6 Å². The van der Waals surface area contributed by atoms with Crippen molar-refractivity contribution in [1.82, 2.24) is 10.3 Å². The number of morpholine rings is 1. The van der Waals surface area contributed by atoms with Crippen molar-refractivity contribution >= 4 is 16.6 Å². The summed E-state index contributed by atoms with van der Waals surface area (Å²) in [6.07, 6.45) is 0.237. The molecule has 19 heavy (non-hydrogen) atoms. The van der Waals surface area contributed by atoms with Crippen LogP contribution in [0.3, 0.4) is 0 Å². The Labute approximate surface area is 113 Å². The summed E-state index contributed by atoms with van der Waals surface area (Å²) in [5.74, 6) is 0. The summed E-state index contributed by atoms with van der Waals surface area (Å²) in [6, 6.07) is 10.3. The summed E-state index contributed by atoms with van der Waals surface area (Å²) in [4.78, 5) is 4.55. The van der Waals surface area contributed by atoms with Crippen LogP contribution in [0, 0.1) is 6.92 Å². The molecule has 0 aliphatic carbocycles. The van der Waals surface area contributed by atoms with Crippen LogP contribution in [0.4, 0.5) is 5.69 Å². The van der Waals surface area contributed by atoms with Crippen molar-refractivity contribution in [2.24, 2.45) is 0 Å². The molecule has 0 amide bonds. The van der Waals surface area contributed by atoms with Gasteiger partial charge in [0, 0.05) is 36.4 Å². The summed E-state index contributed by atoms with van der Waals surface area (Å²) >= 11 is 0. The molecule has 1 aromatic carbocycles. The molecule has 1 aromatic heterocycles. The predicted molar refractivity (Wildman–Crippen MR) is 77.6 cm³/mol. The first-order chi connectivity index (χ1) is 9.33. The van der Waals surface area contributed by atoms with Gasteiger partial charge in [-0.15, -0.1) is 0 Å². The number of para-hydroxylation sites is 1. The molecule has 2 heterocycles. The molecule has 100 valence electrons. The summed E-state index contributed by atoms with van der Waals surface area (Å²) in [6.45, 7) is 5.50. The number of fused-ring (bicyclic) bond motifs is 1. The van der Waals surface area contributed by atoms with Crippen molar-refractivity contribution in [1.29, 1.82) is 0 Å². The first kappa shape index (κ1) is 12.4. The number of hydrogen-bond donors (Lipinski definition) is 2. The third-order valence-electron chi connectivity index (χ3n) is 3.37. The van der Waals surface area contributed by atoms with Gasteiger partial charge >= 0.3 is 0 Å². The highest BCUT2D eigenvalue weighted by atomic mass is 16.5. The number of nitrogens with one attached hydrogen (secondary N) is 2. The van der Waals surface area contributed by atoms with E-state index in [0.29, 0.717) is 0 Å². The molecular formula is C15H19N3O. The van der Waals surface area contributed by atoms with E-state index in [9.17, 15) is 0 Å². The third kappa shape index (κ3) is 2.85. The minimum atomic E-state index is 0.237. The maximum atomic E-state index is 5.70.